The molecule has 0 bridgehead atoms. The molecule has 4 heteroatoms. The Balaban J connectivity index is 1.69. The molecule has 0 spiro atoms. The molecule has 1 amide bonds. The van der Waals surface area contributed by atoms with Crippen molar-refractivity contribution in [1.82, 2.24) is 4.90 Å². The van der Waals surface area contributed by atoms with Gasteiger partial charge in [-0.1, -0.05) is 36.4 Å². The first kappa shape index (κ1) is 16.7. The fourth-order valence-electron chi connectivity index (χ4n) is 2.71. The summed E-state index contributed by atoms with van der Waals surface area (Å²) in [7, 11) is 1.99. The van der Waals surface area contributed by atoms with Gasteiger partial charge in [-0.25, -0.2) is 0 Å². The summed E-state index contributed by atoms with van der Waals surface area (Å²) in [4.78, 5) is 14.6. The Morgan fingerprint density at radius 2 is 1.88 bits per heavy atom. The van der Waals surface area contributed by atoms with E-state index in [1.54, 1.807) is 11.3 Å². The van der Waals surface area contributed by atoms with E-state index in [4.69, 9.17) is 0 Å². The molecule has 2 aromatic carbocycles. The van der Waals surface area contributed by atoms with Gasteiger partial charge in [0.05, 0.1) is 6.04 Å². The number of para-hydroxylation sites is 1. The van der Waals surface area contributed by atoms with Gasteiger partial charge in [0.2, 0.25) is 5.91 Å². The van der Waals surface area contributed by atoms with Crippen LogP contribution in [0.4, 0.5) is 5.69 Å². The van der Waals surface area contributed by atoms with Crippen LogP contribution in [0, 0.1) is 6.92 Å². The average Bonchev–Trinajstić information content (AvgIpc) is 2.99. The molecule has 1 heterocycles. The van der Waals surface area contributed by atoms with Crippen LogP contribution in [0.2, 0.25) is 0 Å². The number of fused-ring (bicyclic) bond motifs is 1. The zero-order valence-corrected chi connectivity index (χ0v) is 15.1. The van der Waals surface area contributed by atoms with Gasteiger partial charge in [0, 0.05) is 16.9 Å². The number of rotatable bonds is 5. The molecule has 1 aromatic heterocycles. The molecule has 0 saturated heterocycles. The molecule has 0 aliphatic carbocycles. The fraction of sp³-hybridized carbons (Fsp3) is 0.250. The number of hydrogen-bond donors (Lipinski definition) is 1. The minimum Gasteiger partial charge on any atom is -0.324 e. The number of anilines is 1. The van der Waals surface area contributed by atoms with Gasteiger partial charge in [-0.15, -0.1) is 11.3 Å². The van der Waals surface area contributed by atoms with E-state index < -0.39 is 0 Å². The van der Waals surface area contributed by atoms with E-state index in [2.05, 4.69) is 39.9 Å². The number of nitrogens with zero attached hydrogens (tertiary/aromatic N) is 1. The highest BCUT2D eigenvalue weighted by molar-refractivity contribution is 7.17. The van der Waals surface area contributed by atoms with E-state index in [1.807, 2.05) is 45.2 Å². The Morgan fingerprint density at radius 1 is 1.17 bits per heavy atom. The van der Waals surface area contributed by atoms with Gasteiger partial charge in [0.15, 0.2) is 0 Å². The second kappa shape index (κ2) is 7.16. The van der Waals surface area contributed by atoms with Crippen LogP contribution in [0.25, 0.3) is 10.1 Å². The molecule has 0 fully saturated rings. The number of carbonyl (C=O) groups excluding carboxylic acids is 1. The SMILES string of the molecule is Cc1ccccc1NC(=O)C(C)N(C)Cc1csc2ccccc12. The Kier molecular flexibility index (Phi) is 4.97. The second-order valence-corrected chi connectivity index (χ2v) is 7.06. The van der Waals surface area contributed by atoms with Crippen LogP contribution in [-0.2, 0) is 11.3 Å². The van der Waals surface area contributed by atoms with Crippen molar-refractivity contribution in [1.29, 1.82) is 0 Å². The number of benzene rings is 2. The van der Waals surface area contributed by atoms with Crippen LogP contribution >= 0.6 is 11.3 Å². The number of carbonyl (C=O) groups is 1. The molecule has 0 aliphatic rings. The minimum atomic E-state index is -0.205. The van der Waals surface area contributed by atoms with Gasteiger partial charge in [0.1, 0.15) is 0 Å². The predicted octanol–water partition coefficient (Wildman–Crippen LogP) is 4.67. The van der Waals surface area contributed by atoms with Crippen molar-refractivity contribution in [2.75, 3.05) is 12.4 Å². The van der Waals surface area contributed by atoms with Crippen LogP contribution in [0.15, 0.2) is 53.9 Å². The van der Waals surface area contributed by atoms with Gasteiger partial charge >= 0.3 is 0 Å². The Morgan fingerprint density at radius 3 is 2.67 bits per heavy atom. The number of amides is 1. The third-order valence-corrected chi connectivity index (χ3v) is 5.44. The lowest BCUT2D eigenvalue weighted by molar-refractivity contribution is -0.120. The van der Waals surface area contributed by atoms with Gasteiger partial charge in [0.25, 0.3) is 0 Å². The highest BCUT2D eigenvalue weighted by atomic mass is 32.1. The van der Waals surface area contributed by atoms with Gasteiger partial charge in [-0.05, 0) is 54.9 Å². The van der Waals surface area contributed by atoms with Crippen molar-refractivity contribution in [3.05, 3.63) is 65.0 Å². The van der Waals surface area contributed by atoms with Crippen LogP contribution in [0.1, 0.15) is 18.1 Å². The summed E-state index contributed by atoms with van der Waals surface area (Å²) in [6, 6.07) is 16.1. The summed E-state index contributed by atoms with van der Waals surface area (Å²) in [5, 5.41) is 6.50. The van der Waals surface area contributed by atoms with Gasteiger partial charge in [-0.3, -0.25) is 9.69 Å². The van der Waals surface area contributed by atoms with Gasteiger partial charge in [-0.2, -0.15) is 0 Å². The van der Waals surface area contributed by atoms with Crippen LogP contribution in [0.3, 0.4) is 0 Å². The molecule has 1 atom stereocenters. The maximum absolute atomic E-state index is 12.5. The Hall–Kier alpha value is -2.17. The molecule has 1 N–H and O–H groups in total. The fourth-order valence-corrected chi connectivity index (χ4v) is 3.67. The van der Waals surface area contributed by atoms with E-state index in [0.717, 1.165) is 17.8 Å². The summed E-state index contributed by atoms with van der Waals surface area (Å²) in [6.07, 6.45) is 0. The van der Waals surface area contributed by atoms with Crippen LogP contribution < -0.4 is 5.32 Å². The van der Waals surface area contributed by atoms with Crippen molar-refractivity contribution in [2.45, 2.75) is 26.4 Å². The molecule has 0 aliphatic heterocycles. The first-order chi connectivity index (χ1) is 11.6. The second-order valence-electron chi connectivity index (χ2n) is 6.15. The van der Waals surface area contributed by atoms with E-state index in [9.17, 15) is 4.79 Å². The number of nitrogens with one attached hydrogen (secondary N) is 1. The zero-order chi connectivity index (χ0) is 17.1. The number of hydrogen-bond acceptors (Lipinski definition) is 3. The Bertz CT molecular complexity index is 855. The molecule has 3 rings (SSSR count). The van der Waals surface area contributed by atoms with E-state index in [-0.39, 0.29) is 11.9 Å². The number of aryl methyl sites for hydroxylation is 1. The third-order valence-electron chi connectivity index (χ3n) is 4.42. The average molecular weight is 338 g/mol. The maximum atomic E-state index is 12.5. The van der Waals surface area contributed by atoms with Crippen molar-refractivity contribution in [3.8, 4) is 0 Å². The summed E-state index contributed by atoms with van der Waals surface area (Å²) < 4.78 is 1.29. The van der Waals surface area contributed by atoms with Crippen molar-refractivity contribution < 1.29 is 4.79 Å². The maximum Gasteiger partial charge on any atom is 0.241 e. The molecular formula is C20H22N2OS. The quantitative estimate of drug-likeness (QED) is 0.733. The molecule has 1 unspecified atom stereocenters. The molecule has 3 aromatic rings. The van der Waals surface area contributed by atoms with Crippen molar-refractivity contribution in [3.63, 3.8) is 0 Å². The zero-order valence-electron chi connectivity index (χ0n) is 14.2. The number of likely N-dealkylation sites (N-methyl/N-ethyl adjacent to an activating group) is 1. The van der Waals surface area contributed by atoms with Crippen LogP contribution in [0.5, 0.6) is 0 Å². The molecular weight excluding hydrogens is 316 g/mol. The smallest absolute Gasteiger partial charge is 0.241 e. The van der Waals surface area contributed by atoms with Crippen LogP contribution in [-0.4, -0.2) is 23.9 Å². The monoisotopic (exact) mass is 338 g/mol. The highest BCUT2D eigenvalue weighted by Gasteiger charge is 2.19. The molecule has 24 heavy (non-hydrogen) atoms. The molecule has 0 saturated carbocycles. The summed E-state index contributed by atoms with van der Waals surface area (Å²) >= 11 is 1.75. The largest absolute Gasteiger partial charge is 0.324 e. The van der Waals surface area contributed by atoms with E-state index >= 15 is 0 Å². The number of thiophene rings is 1. The third kappa shape index (κ3) is 3.50. The standard InChI is InChI=1S/C20H22N2OS/c1-14-8-4-6-10-18(14)21-20(23)15(2)22(3)12-16-13-24-19-11-7-5-9-17(16)19/h4-11,13,15H,12H2,1-3H3,(H,21,23). The predicted molar refractivity (Wildman–Crippen MR) is 103 cm³/mol. The lowest BCUT2D eigenvalue weighted by Crippen LogP contribution is -2.39. The summed E-state index contributed by atoms with van der Waals surface area (Å²) in [6.45, 7) is 4.70. The molecule has 3 nitrogen and oxygen atoms in total. The van der Waals surface area contributed by atoms with Crippen molar-refractivity contribution >= 4 is 33.0 Å². The summed E-state index contributed by atoms with van der Waals surface area (Å²) in [5.41, 5.74) is 3.22. The summed E-state index contributed by atoms with van der Waals surface area (Å²) in [5.74, 6) is 0.0198. The van der Waals surface area contributed by atoms with Crippen molar-refractivity contribution in [2.24, 2.45) is 0 Å². The van der Waals surface area contributed by atoms with Gasteiger partial charge < -0.3 is 5.32 Å². The first-order valence-electron chi connectivity index (χ1n) is 8.08. The highest BCUT2D eigenvalue weighted by Crippen LogP contribution is 2.27. The van der Waals surface area contributed by atoms with E-state index in [1.165, 1.54) is 15.6 Å². The Labute approximate surface area is 146 Å². The first-order valence-corrected chi connectivity index (χ1v) is 8.96. The normalized spacial score (nSPS) is 12.5. The molecule has 0 radical (unpaired) electrons. The van der Waals surface area contributed by atoms with E-state index in [0.29, 0.717) is 0 Å². The molecule has 124 valence electrons. The topological polar surface area (TPSA) is 32.3 Å². The lowest BCUT2D eigenvalue weighted by Gasteiger charge is -2.24. The lowest BCUT2D eigenvalue weighted by atomic mass is 10.1. The minimum absolute atomic E-state index is 0.0198.